The first-order chi connectivity index (χ1) is 10.8. The first kappa shape index (κ1) is 17.0. The van der Waals surface area contributed by atoms with Gasteiger partial charge < -0.3 is 4.74 Å². The largest absolute Gasteiger partial charge is 0.455 e. The van der Waals surface area contributed by atoms with E-state index in [2.05, 4.69) is 34.6 Å². The third kappa shape index (κ3) is 2.98. The quantitative estimate of drug-likeness (QED) is 0.637. The molecule has 0 unspecified atom stereocenters. The second kappa shape index (κ2) is 6.26. The summed E-state index contributed by atoms with van der Waals surface area (Å²) in [7, 11) is 0. The van der Waals surface area contributed by atoms with E-state index in [1.807, 2.05) is 6.08 Å². The lowest BCUT2D eigenvalue weighted by Crippen LogP contribution is -2.40. The van der Waals surface area contributed by atoms with Crippen molar-refractivity contribution in [2.75, 3.05) is 0 Å². The second-order valence-electron chi connectivity index (χ2n) is 9.13. The summed E-state index contributed by atoms with van der Waals surface area (Å²) in [6, 6.07) is 0. The van der Waals surface area contributed by atoms with Crippen LogP contribution in [0.5, 0.6) is 0 Å². The zero-order valence-electron chi connectivity index (χ0n) is 15.6. The summed E-state index contributed by atoms with van der Waals surface area (Å²) in [6.07, 6.45) is 9.47. The average molecular weight is 319 g/mol. The molecule has 2 fully saturated rings. The number of carbonyl (C=O) groups is 1. The lowest BCUT2D eigenvalue weighted by atomic mass is 9.60. The second-order valence-corrected chi connectivity index (χ2v) is 9.13. The molecule has 0 amide bonds. The van der Waals surface area contributed by atoms with Gasteiger partial charge in [-0.15, -0.1) is 0 Å². The van der Waals surface area contributed by atoms with Gasteiger partial charge in [-0.3, -0.25) is 0 Å². The lowest BCUT2D eigenvalue weighted by molar-refractivity contribution is -0.140. The minimum atomic E-state index is -0.100. The molecule has 0 radical (unpaired) electrons. The Labute approximate surface area is 142 Å². The lowest BCUT2D eigenvalue weighted by Gasteiger charge is -2.45. The standard InChI is InChI=1S/C21H34O2/c1-13(2)14(3)6-7-15(4)17-8-9-18-16-12-20(22)23-19(16)10-11-21(17,18)5/h12-15,17-19H,6-11H2,1-5H3/t14-,15+,17+,18-,19+,21+/m0/s1. The van der Waals surface area contributed by atoms with E-state index in [1.54, 1.807) is 0 Å². The Morgan fingerprint density at radius 2 is 1.91 bits per heavy atom. The Morgan fingerprint density at radius 3 is 2.61 bits per heavy atom. The molecule has 1 aliphatic heterocycles. The van der Waals surface area contributed by atoms with Crippen LogP contribution in [0.4, 0.5) is 0 Å². The van der Waals surface area contributed by atoms with Crippen LogP contribution in [0, 0.1) is 35.0 Å². The first-order valence-electron chi connectivity index (χ1n) is 9.75. The summed E-state index contributed by atoms with van der Waals surface area (Å²) in [5, 5.41) is 0. The molecule has 0 saturated heterocycles. The van der Waals surface area contributed by atoms with E-state index >= 15 is 0 Å². The van der Waals surface area contributed by atoms with Crippen molar-refractivity contribution in [2.24, 2.45) is 35.0 Å². The molecule has 0 N–H and O–H groups in total. The maximum absolute atomic E-state index is 11.7. The third-order valence-electron chi connectivity index (χ3n) is 7.57. The monoisotopic (exact) mass is 318 g/mol. The van der Waals surface area contributed by atoms with Crippen molar-refractivity contribution in [2.45, 2.75) is 79.2 Å². The topological polar surface area (TPSA) is 26.3 Å². The van der Waals surface area contributed by atoms with E-state index in [4.69, 9.17) is 4.74 Å². The molecule has 2 heteroatoms. The number of carbonyl (C=O) groups excluding carboxylic acids is 1. The van der Waals surface area contributed by atoms with E-state index in [0.717, 1.165) is 30.1 Å². The van der Waals surface area contributed by atoms with Gasteiger partial charge in [0, 0.05) is 6.08 Å². The van der Waals surface area contributed by atoms with Gasteiger partial charge in [0.1, 0.15) is 6.10 Å². The number of hydrogen-bond donors (Lipinski definition) is 0. The smallest absolute Gasteiger partial charge is 0.331 e. The first-order valence-corrected chi connectivity index (χ1v) is 9.75. The average Bonchev–Trinajstić information content (AvgIpc) is 3.03. The predicted molar refractivity (Wildman–Crippen MR) is 93.9 cm³/mol. The Hall–Kier alpha value is -0.790. The molecular formula is C21H34O2. The Balaban J connectivity index is 1.68. The summed E-state index contributed by atoms with van der Waals surface area (Å²) < 4.78 is 5.49. The van der Waals surface area contributed by atoms with Crippen LogP contribution in [0.2, 0.25) is 0 Å². The van der Waals surface area contributed by atoms with Crippen LogP contribution in [0.3, 0.4) is 0 Å². The van der Waals surface area contributed by atoms with Gasteiger partial charge in [0.15, 0.2) is 0 Å². The maximum atomic E-state index is 11.7. The van der Waals surface area contributed by atoms with Crippen molar-refractivity contribution in [1.29, 1.82) is 0 Å². The van der Waals surface area contributed by atoms with Crippen molar-refractivity contribution in [3.8, 4) is 0 Å². The zero-order valence-corrected chi connectivity index (χ0v) is 15.6. The molecule has 6 atom stereocenters. The fourth-order valence-electron chi connectivity index (χ4n) is 5.63. The number of hydrogen-bond acceptors (Lipinski definition) is 2. The van der Waals surface area contributed by atoms with Crippen LogP contribution < -0.4 is 0 Å². The molecule has 23 heavy (non-hydrogen) atoms. The zero-order chi connectivity index (χ0) is 16.8. The Morgan fingerprint density at radius 1 is 1.17 bits per heavy atom. The van der Waals surface area contributed by atoms with Gasteiger partial charge in [0.2, 0.25) is 0 Å². The van der Waals surface area contributed by atoms with E-state index in [0.29, 0.717) is 11.3 Å². The molecule has 0 bridgehead atoms. The fourth-order valence-corrected chi connectivity index (χ4v) is 5.63. The van der Waals surface area contributed by atoms with Gasteiger partial charge in [0.05, 0.1) is 0 Å². The Bertz CT molecular complexity index is 492. The maximum Gasteiger partial charge on any atom is 0.331 e. The third-order valence-corrected chi connectivity index (χ3v) is 7.57. The van der Waals surface area contributed by atoms with Crippen LogP contribution in [-0.4, -0.2) is 12.1 Å². The van der Waals surface area contributed by atoms with Crippen molar-refractivity contribution < 1.29 is 9.53 Å². The molecule has 3 aliphatic rings. The fraction of sp³-hybridized carbons (Fsp3) is 0.857. The summed E-state index contributed by atoms with van der Waals surface area (Å²) in [5.41, 5.74) is 1.71. The van der Waals surface area contributed by atoms with Crippen LogP contribution in [-0.2, 0) is 9.53 Å². The van der Waals surface area contributed by atoms with E-state index in [-0.39, 0.29) is 12.1 Å². The van der Waals surface area contributed by atoms with Gasteiger partial charge in [-0.25, -0.2) is 4.79 Å². The molecule has 0 aromatic rings. The molecule has 1 heterocycles. The minimum absolute atomic E-state index is 0.100. The summed E-state index contributed by atoms with van der Waals surface area (Å²) >= 11 is 0. The van der Waals surface area contributed by atoms with Gasteiger partial charge >= 0.3 is 5.97 Å². The molecule has 3 rings (SSSR count). The van der Waals surface area contributed by atoms with E-state index in [1.165, 1.54) is 37.7 Å². The minimum Gasteiger partial charge on any atom is -0.455 e. The molecule has 0 spiro atoms. The number of esters is 1. The van der Waals surface area contributed by atoms with Crippen molar-refractivity contribution in [3.05, 3.63) is 11.6 Å². The molecule has 2 saturated carbocycles. The van der Waals surface area contributed by atoms with Gasteiger partial charge in [-0.2, -0.15) is 0 Å². The van der Waals surface area contributed by atoms with Crippen molar-refractivity contribution in [1.82, 2.24) is 0 Å². The van der Waals surface area contributed by atoms with Crippen molar-refractivity contribution >= 4 is 5.97 Å². The van der Waals surface area contributed by atoms with E-state index < -0.39 is 0 Å². The Kier molecular flexibility index (Phi) is 4.64. The van der Waals surface area contributed by atoms with E-state index in [9.17, 15) is 4.79 Å². The number of rotatable bonds is 5. The summed E-state index contributed by atoms with van der Waals surface area (Å²) in [4.78, 5) is 11.7. The molecular weight excluding hydrogens is 284 g/mol. The van der Waals surface area contributed by atoms with Crippen LogP contribution >= 0.6 is 0 Å². The van der Waals surface area contributed by atoms with Gasteiger partial charge in [-0.1, -0.05) is 47.5 Å². The normalized spacial score (nSPS) is 38.8. The molecule has 130 valence electrons. The number of fused-ring (bicyclic) bond motifs is 3. The van der Waals surface area contributed by atoms with Crippen LogP contribution in [0.15, 0.2) is 11.6 Å². The highest BCUT2D eigenvalue weighted by Crippen LogP contribution is 2.61. The summed E-state index contributed by atoms with van der Waals surface area (Å²) in [6.45, 7) is 12.0. The van der Waals surface area contributed by atoms with Crippen LogP contribution in [0.1, 0.15) is 73.1 Å². The van der Waals surface area contributed by atoms with Gasteiger partial charge in [-0.05, 0) is 66.3 Å². The number of ether oxygens (including phenoxy) is 1. The van der Waals surface area contributed by atoms with Gasteiger partial charge in [0.25, 0.3) is 0 Å². The van der Waals surface area contributed by atoms with Crippen molar-refractivity contribution in [3.63, 3.8) is 0 Å². The highest BCUT2D eigenvalue weighted by atomic mass is 16.5. The predicted octanol–water partition coefficient (Wildman–Crippen LogP) is 5.37. The van der Waals surface area contributed by atoms with Crippen LogP contribution in [0.25, 0.3) is 0 Å². The highest BCUT2D eigenvalue weighted by Gasteiger charge is 2.54. The molecule has 0 aromatic carbocycles. The molecule has 2 nitrogen and oxygen atoms in total. The molecule has 2 aliphatic carbocycles. The SMILES string of the molecule is CC(C)[C@@H](C)CC[C@@H](C)[C@H]1CC[C@H]2C3=CC(=O)O[C@@H]3CC[C@]12C. The molecule has 0 aromatic heterocycles. The highest BCUT2D eigenvalue weighted by molar-refractivity contribution is 5.86. The summed E-state index contributed by atoms with van der Waals surface area (Å²) in [5.74, 6) is 3.70.